The van der Waals surface area contributed by atoms with E-state index >= 15 is 0 Å². The Kier molecular flexibility index (Phi) is 0.927. The summed E-state index contributed by atoms with van der Waals surface area (Å²) in [6.07, 6.45) is -3.33. The molecule has 0 heterocycles. The zero-order chi connectivity index (χ0) is 7.89. The van der Waals surface area contributed by atoms with Crippen molar-refractivity contribution in [2.75, 3.05) is 0 Å². The van der Waals surface area contributed by atoms with Crippen LogP contribution in [0.1, 0.15) is 7.77 Å². The maximum Gasteiger partial charge on any atom is 0.266 e. The van der Waals surface area contributed by atoms with Gasteiger partial charge in [0, 0.05) is 7.77 Å². The molecule has 0 aromatic carbocycles. The first-order valence-corrected chi connectivity index (χ1v) is 2.28. The molecule has 0 aromatic heterocycles. The first-order chi connectivity index (χ1) is 4.55. The zero-order valence-electron chi connectivity index (χ0n) is 5.33. The van der Waals surface area contributed by atoms with Crippen molar-refractivity contribution >= 4 is 17.3 Å². The van der Waals surface area contributed by atoms with E-state index in [0.717, 1.165) is 0 Å². The Morgan fingerprint density at radius 2 is 2.11 bits per heavy atom. The summed E-state index contributed by atoms with van der Waals surface area (Å²) in [5.74, 6) is -3.53. The van der Waals surface area contributed by atoms with Crippen LogP contribution in [-0.2, 0) is 14.4 Å². The van der Waals surface area contributed by atoms with Gasteiger partial charge in [-0.2, -0.15) is 0 Å². The van der Waals surface area contributed by atoms with Crippen molar-refractivity contribution in [3.05, 3.63) is 0 Å². The van der Waals surface area contributed by atoms with Gasteiger partial charge < -0.3 is 5.11 Å². The average molecular weight is 129 g/mol. The average Bonchev–Trinajstić information content (AvgIpc) is 2.07. The van der Waals surface area contributed by atoms with Gasteiger partial charge in [0.1, 0.15) is 6.10 Å². The van der Waals surface area contributed by atoms with E-state index in [2.05, 4.69) is 0 Å². The van der Waals surface area contributed by atoms with Crippen LogP contribution in [-0.4, -0.2) is 28.6 Å². The number of rotatable bonds is 0. The Bertz CT molecular complexity index is 200. The summed E-state index contributed by atoms with van der Waals surface area (Å²) >= 11 is 0. The molecule has 9 heavy (non-hydrogen) atoms. The van der Waals surface area contributed by atoms with E-state index in [9.17, 15) is 14.4 Å². The lowest BCUT2D eigenvalue weighted by atomic mass is 10.3. The third kappa shape index (κ3) is 0.768. The minimum absolute atomic E-state index is 1.11. The second-order valence-corrected chi connectivity index (χ2v) is 1.67. The Morgan fingerprint density at radius 1 is 1.56 bits per heavy atom. The molecule has 0 spiro atoms. The van der Waals surface area contributed by atoms with Crippen molar-refractivity contribution < 1.29 is 20.9 Å². The summed E-state index contributed by atoms with van der Waals surface area (Å²) in [6, 6.07) is 0. The van der Waals surface area contributed by atoms with Crippen LogP contribution >= 0.6 is 0 Å². The number of aliphatic hydroxyl groups is 1. The highest BCUT2D eigenvalue weighted by molar-refractivity contribution is 6.68. The lowest BCUT2D eigenvalue weighted by Crippen LogP contribution is -2.18. The predicted molar refractivity (Wildman–Crippen MR) is 25.6 cm³/mol. The topological polar surface area (TPSA) is 71.4 Å². The van der Waals surface area contributed by atoms with E-state index < -0.39 is 29.9 Å². The van der Waals surface area contributed by atoms with E-state index in [1.165, 1.54) is 0 Å². The van der Waals surface area contributed by atoms with Crippen molar-refractivity contribution in [3.8, 4) is 0 Å². The van der Waals surface area contributed by atoms with Gasteiger partial charge in [0.05, 0.1) is 0 Å². The minimum atomic E-state index is -1.74. The van der Waals surface area contributed by atoms with Gasteiger partial charge in [0.15, 0.2) is 0 Å². The fourth-order valence-corrected chi connectivity index (χ4v) is 0.550. The Balaban J connectivity index is 3.00. The van der Waals surface area contributed by atoms with Crippen molar-refractivity contribution in [2.45, 2.75) is 12.5 Å². The highest BCUT2D eigenvalue weighted by atomic mass is 16.3. The van der Waals surface area contributed by atoms with Crippen LogP contribution in [0.15, 0.2) is 0 Å². The molecule has 0 aliphatic heterocycles. The highest BCUT2D eigenvalue weighted by Gasteiger charge is 2.38. The normalized spacial score (nSPS) is 37.4. The van der Waals surface area contributed by atoms with E-state index in [0.29, 0.717) is 0 Å². The monoisotopic (exact) mass is 129 g/mol. The number of ketones is 3. The molecule has 1 aliphatic rings. The van der Waals surface area contributed by atoms with Crippen LogP contribution in [0, 0.1) is 0 Å². The van der Waals surface area contributed by atoms with Crippen LogP contribution < -0.4 is 0 Å². The molecule has 0 amide bonds. The predicted octanol–water partition coefficient (Wildman–Crippen LogP) is -1.54. The fraction of sp³-hybridized carbons (Fsp3) is 0.400. The number of aliphatic hydroxyl groups excluding tert-OH is 1. The van der Waals surface area contributed by atoms with Crippen LogP contribution in [0.5, 0.6) is 0 Å². The van der Waals surface area contributed by atoms with Gasteiger partial charge in [0.25, 0.3) is 5.78 Å². The van der Waals surface area contributed by atoms with Gasteiger partial charge in [-0.15, -0.1) is 0 Å². The second kappa shape index (κ2) is 1.73. The molecule has 1 N–H and O–H groups in total. The molecule has 0 radical (unpaired) electrons. The molecule has 1 saturated carbocycles. The summed E-state index contributed by atoms with van der Waals surface area (Å²) in [4.78, 5) is 31.1. The number of Topliss-reactive ketones (excluding diaryl/α,β-unsaturated/α-hetero) is 3. The molecule has 2 unspecified atom stereocenters. The molecule has 4 nitrogen and oxygen atoms in total. The van der Waals surface area contributed by atoms with Crippen molar-refractivity contribution in [3.63, 3.8) is 0 Å². The third-order valence-corrected chi connectivity index (χ3v) is 1.03. The fourth-order valence-electron chi connectivity index (χ4n) is 0.550. The molecule has 0 aromatic rings. The number of hydrogen-bond acceptors (Lipinski definition) is 4. The minimum Gasteiger partial charge on any atom is -0.384 e. The third-order valence-electron chi connectivity index (χ3n) is 1.03. The summed E-state index contributed by atoms with van der Waals surface area (Å²) < 4.78 is 6.76. The maximum absolute atomic E-state index is 10.4. The van der Waals surface area contributed by atoms with Crippen LogP contribution in [0.25, 0.3) is 0 Å². The number of carbonyl (C=O) groups is 3. The van der Waals surface area contributed by atoms with Crippen LogP contribution in [0.4, 0.5) is 0 Å². The molecule has 1 rings (SSSR count). The lowest BCUT2D eigenvalue weighted by Gasteiger charge is -1.88. The summed E-state index contributed by atoms with van der Waals surface area (Å²) in [7, 11) is 0. The molecule has 2 atom stereocenters. The molecule has 48 valence electrons. The van der Waals surface area contributed by atoms with Gasteiger partial charge >= 0.3 is 0 Å². The van der Waals surface area contributed by atoms with Gasteiger partial charge in [0.2, 0.25) is 11.6 Å². The summed E-state index contributed by atoms with van der Waals surface area (Å²) in [5, 5.41) is 8.63. The Labute approximate surface area is 51.9 Å². The lowest BCUT2D eigenvalue weighted by molar-refractivity contribution is -0.141. The largest absolute Gasteiger partial charge is 0.384 e. The van der Waals surface area contributed by atoms with E-state index in [-0.39, 0.29) is 0 Å². The molecular formula is C5H4O4. The molecule has 0 saturated heterocycles. The quantitative estimate of drug-likeness (QED) is 0.402. The van der Waals surface area contributed by atoms with Crippen LogP contribution in [0.3, 0.4) is 0 Å². The highest BCUT2D eigenvalue weighted by Crippen LogP contribution is 2.06. The van der Waals surface area contributed by atoms with Gasteiger partial charge in [-0.1, -0.05) is 0 Å². The molecule has 1 aliphatic carbocycles. The van der Waals surface area contributed by atoms with Crippen molar-refractivity contribution in [1.29, 1.82) is 0 Å². The molecule has 0 bridgehead atoms. The van der Waals surface area contributed by atoms with Crippen molar-refractivity contribution in [2.24, 2.45) is 0 Å². The molecule has 1 fully saturated rings. The van der Waals surface area contributed by atoms with Gasteiger partial charge in [-0.25, -0.2) is 0 Å². The first-order valence-electron chi connectivity index (χ1n) is 2.86. The zero-order valence-corrected chi connectivity index (χ0v) is 4.33. The van der Waals surface area contributed by atoms with E-state index in [4.69, 9.17) is 6.48 Å². The molecule has 4 heteroatoms. The number of hydrogen-bond donors (Lipinski definition) is 1. The summed E-state index contributed by atoms with van der Waals surface area (Å²) in [5.41, 5.74) is 0. The van der Waals surface area contributed by atoms with Gasteiger partial charge in [-0.3, -0.25) is 14.4 Å². The van der Waals surface area contributed by atoms with Gasteiger partial charge in [-0.05, 0) is 0 Å². The SMILES string of the molecule is [2H]C1C(=O)C(=O)C(=O)C1O. The number of carbonyl (C=O) groups excluding carboxylic acids is 3. The van der Waals surface area contributed by atoms with E-state index in [1.54, 1.807) is 0 Å². The van der Waals surface area contributed by atoms with E-state index in [1.807, 2.05) is 0 Å². The Hall–Kier alpha value is -1.03. The Morgan fingerprint density at radius 3 is 2.22 bits per heavy atom. The smallest absolute Gasteiger partial charge is 0.266 e. The second-order valence-electron chi connectivity index (χ2n) is 1.67. The summed E-state index contributed by atoms with van der Waals surface area (Å²) in [6.45, 7) is 0. The molecular weight excluding hydrogens is 124 g/mol. The van der Waals surface area contributed by atoms with Crippen molar-refractivity contribution in [1.82, 2.24) is 0 Å². The maximum atomic E-state index is 10.4. The standard InChI is InChI=1S/C5H4O4/c6-2-1-3(7)5(9)4(2)8/h2,6H,1H2/i1D. The van der Waals surface area contributed by atoms with Crippen LogP contribution in [0.2, 0.25) is 0 Å². The first kappa shape index (κ1) is 4.81.